The number of rotatable bonds is 7. The highest BCUT2D eigenvalue weighted by Gasteiger charge is 2.57. The summed E-state index contributed by atoms with van der Waals surface area (Å²) in [5.41, 5.74) is 2.54. The molecule has 1 aliphatic carbocycles. The van der Waals surface area contributed by atoms with Gasteiger partial charge in [0, 0.05) is 28.0 Å². The maximum atomic E-state index is 13.0. The molecule has 0 unspecified atom stereocenters. The third-order valence-electron chi connectivity index (χ3n) is 4.69. The summed E-state index contributed by atoms with van der Waals surface area (Å²) in [6, 6.07) is 5.36. The lowest BCUT2D eigenvalue weighted by molar-refractivity contribution is -0.132. The molecule has 2 heterocycles. The van der Waals surface area contributed by atoms with Crippen molar-refractivity contribution in [1.82, 2.24) is 15.3 Å². The number of aromatic nitrogens is 2. The van der Waals surface area contributed by atoms with Crippen LogP contribution in [-0.2, 0) is 17.9 Å². The molecule has 1 amide bonds. The number of hydrogen-bond donors (Lipinski definition) is 2. The number of carbonyl (C=O) groups is 1. The summed E-state index contributed by atoms with van der Waals surface area (Å²) in [4.78, 5) is 19.3. The fraction of sp³-hybridized carbons (Fsp3) is 0.333. The number of fused-ring (bicyclic) bond motifs is 1. The van der Waals surface area contributed by atoms with Gasteiger partial charge in [-0.1, -0.05) is 11.6 Å². The molecule has 2 N–H and O–H groups in total. The summed E-state index contributed by atoms with van der Waals surface area (Å²) in [5.74, 6) is -0.0780. The number of H-pyrrole nitrogens is 1. The normalized spacial score (nSPS) is 15.3. The standard InChI is InChI=1S/C18H16ClF2N3O2S/c19-13-4-10-3-11(6-22-17(25)18(1-2-18)16(20)21)24-14(10)5-15(13)26-7-12-8-27-9-23-12/h3-5,8-9,16,24H,1-2,6-7H2,(H,22,25). The molecule has 3 aromatic rings. The number of carbonyl (C=O) groups excluding carboxylic acids is 1. The van der Waals surface area contributed by atoms with E-state index in [1.165, 1.54) is 11.3 Å². The highest BCUT2D eigenvalue weighted by molar-refractivity contribution is 7.07. The second-order valence-electron chi connectivity index (χ2n) is 6.57. The maximum absolute atomic E-state index is 13.0. The first-order chi connectivity index (χ1) is 13.0. The number of thiazole rings is 1. The Labute approximate surface area is 162 Å². The second-order valence-corrected chi connectivity index (χ2v) is 7.70. The van der Waals surface area contributed by atoms with Crippen LogP contribution in [0.15, 0.2) is 29.1 Å². The second kappa shape index (κ2) is 7.09. The number of alkyl halides is 2. The van der Waals surface area contributed by atoms with Crippen molar-refractivity contribution in [2.24, 2.45) is 5.41 Å². The lowest BCUT2D eigenvalue weighted by Gasteiger charge is -2.13. The van der Waals surface area contributed by atoms with Crippen LogP contribution in [0, 0.1) is 5.41 Å². The molecule has 0 radical (unpaired) electrons. The molecule has 1 fully saturated rings. The van der Waals surface area contributed by atoms with E-state index in [0.717, 1.165) is 16.6 Å². The van der Waals surface area contributed by atoms with E-state index in [0.29, 0.717) is 23.1 Å². The first-order valence-electron chi connectivity index (χ1n) is 8.35. The Morgan fingerprint density at radius 3 is 2.89 bits per heavy atom. The molecule has 1 aromatic carbocycles. The molecule has 2 aromatic heterocycles. The summed E-state index contributed by atoms with van der Waals surface area (Å²) < 4.78 is 31.7. The van der Waals surface area contributed by atoms with E-state index in [-0.39, 0.29) is 19.4 Å². The van der Waals surface area contributed by atoms with Gasteiger partial charge in [-0.15, -0.1) is 11.3 Å². The largest absolute Gasteiger partial charge is 0.486 e. The Hall–Kier alpha value is -2.19. The fourth-order valence-corrected chi connectivity index (χ4v) is 3.66. The zero-order chi connectivity index (χ0) is 19.0. The maximum Gasteiger partial charge on any atom is 0.252 e. The molecule has 1 aliphatic rings. The van der Waals surface area contributed by atoms with Crippen LogP contribution >= 0.6 is 22.9 Å². The molecule has 0 spiro atoms. The van der Waals surface area contributed by atoms with Gasteiger partial charge in [0.25, 0.3) is 6.43 Å². The molecule has 142 valence electrons. The van der Waals surface area contributed by atoms with Crippen molar-refractivity contribution in [3.63, 3.8) is 0 Å². The van der Waals surface area contributed by atoms with Gasteiger partial charge >= 0.3 is 0 Å². The Morgan fingerprint density at radius 2 is 2.22 bits per heavy atom. The van der Waals surface area contributed by atoms with Gasteiger partial charge in [0.1, 0.15) is 17.8 Å². The van der Waals surface area contributed by atoms with Crippen molar-refractivity contribution in [2.75, 3.05) is 0 Å². The predicted molar refractivity (Wildman–Crippen MR) is 99.3 cm³/mol. The van der Waals surface area contributed by atoms with Crippen molar-refractivity contribution in [3.05, 3.63) is 45.5 Å². The van der Waals surface area contributed by atoms with Gasteiger partial charge in [-0.3, -0.25) is 4.79 Å². The van der Waals surface area contributed by atoms with Gasteiger partial charge < -0.3 is 15.0 Å². The van der Waals surface area contributed by atoms with Crippen LogP contribution < -0.4 is 10.1 Å². The van der Waals surface area contributed by atoms with Gasteiger partial charge in [-0.05, 0) is 25.0 Å². The quantitative estimate of drug-likeness (QED) is 0.600. The SMILES string of the molecule is O=C(NCc1cc2cc(Cl)c(OCc3cscn3)cc2[nH]1)C1(C(F)F)CC1. The van der Waals surface area contributed by atoms with E-state index in [9.17, 15) is 13.6 Å². The topological polar surface area (TPSA) is 67.0 Å². The Balaban J connectivity index is 1.45. The molecule has 27 heavy (non-hydrogen) atoms. The lowest BCUT2D eigenvalue weighted by atomic mass is 10.1. The Bertz CT molecular complexity index is 971. The zero-order valence-corrected chi connectivity index (χ0v) is 15.7. The summed E-state index contributed by atoms with van der Waals surface area (Å²) in [6.45, 7) is 0.461. The predicted octanol–water partition coefficient (Wildman–Crippen LogP) is 4.52. The molecule has 4 rings (SSSR count). The van der Waals surface area contributed by atoms with E-state index in [4.69, 9.17) is 16.3 Å². The minimum Gasteiger partial charge on any atom is -0.486 e. The third kappa shape index (κ3) is 3.64. The van der Waals surface area contributed by atoms with Crippen LogP contribution in [0.5, 0.6) is 5.75 Å². The van der Waals surface area contributed by atoms with Crippen LogP contribution in [0.1, 0.15) is 24.2 Å². The van der Waals surface area contributed by atoms with Crippen LogP contribution in [-0.4, -0.2) is 22.3 Å². The molecule has 0 saturated heterocycles. The summed E-state index contributed by atoms with van der Waals surface area (Å²) in [7, 11) is 0. The molecule has 9 heteroatoms. The average molecular weight is 412 g/mol. The first-order valence-corrected chi connectivity index (χ1v) is 9.67. The molecule has 0 atom stereocenters. The van der Waals surface area contributed by atoms with Crippen molar-refractivity contribution in [2.45, 2.75) is 32.4 Å². The molecule has 0 bridgehead atoms. The summed E-state index contributed by atoms with van der Waals surface area (Å²) >= 11 is 7.76. The molecular formula is C18H16ClF2N3O2S. The molecule has 5 nitrogen and oxygen atoms in total. The minimum absolute atomic E-state index is 0.147. The number of benzene rings is 1. The lowest BCUT2D eigenvalue weighted by Crippen LogP contribution is -2.35. The van der Waals surface area contributed by atoms with Crippen molar-refractivity contribution in [1.29, 1.82) is 0 Å². The van der Waals surface area contributed by atoms with Gasteiger partial charge in [-0.2, -0.15) is 0 Å². The number of aromatic amines is 1. The van der Waals surface area contributed by atoms with Crippen LogP contribution in [0.25, 0.3) is 10.9 Å². The van der Waals surface area contributed by atoms with E-state index >= 15 is 0 Å². The summed E-state index contributed by atoms with van der Waals surface area (Å²) in [6.07, 6.45) is -2.16. The average Bonchev–Trinajstić information content (AvgIpc) is 3.12. The number of ether oxygens (including phenoxy) is 1. The Kier molecular flexibility index (Phi) is 4.77. The Morgan fingerprint density at radius 1 is 1.41 bits per heavy atom. The van der Waals surface area contributed by atoms with Gasteiger partial charge in [0.15, 0.2) is 0 Å². The van der Waals surface area contributed by atoms with E-state index < -0.39 is 17.7 Å². The van der Waals surface area contributed by atoms with E-state index in [1.54, 1.807) is 17.6 Å². The van der Waals surface area contributed by atoms with E-state index in [1.807, 2.05) is 11.4 Å². The summed E-state index contributed by atoms with van der Waals surface area (Å²) in [5, 5.41) is 5.80. The smallest absolute Gasteiger partial charge is 0.252 e. The van der Waals surface area contributed by atoms with Crippen molar-refractivity contribution in [3.8, 4) is 5.75 Å². The van der Waals surface area contributed by atoms with Crippen molar-refractivity contribution < 1.29 is 18.3 Å². The highest BCUT2D eigenvalue weighted by atomic mass is 35.5. The van der Waals surface area contributed by atoms with Crippen LogP contribution in [0.3, 0.4) is 0 Å². The monoisotopic (exact) mass is 411 g/mol. The van der Waals surface area contributed by atoms with Gasteiger partial charge in [0.2, 0.25) is 5.91 Å². The van der Waals surface area contributed by atoms with Crippen LogP contribution in [0.4, 0.5) is 8.78 Å². The number of nitrogens with zero attached hydrogens (tertiary/aromatic N) is 1. The number of hydrogen-bond acceptors (Lipinski definition) is 4. The number of halogens is 3. The molecular weight excluding hydrogens is 396 g/mol. The van der Waals surface area contributed by atoms with Crippen molar-refractivity contribution >= 4 is 39.7 Å². The van der Waals surface area contributed by atoms with E-state index in [2.05, 4.69) is 15.3 Å². The molecule has 0 aliphatic heterocycles. The fourth-order valence-electron chi connectivity index (χ4n) is 2.89. The third-order valence-corrected chi connectivity index (χ3v) is 5.62. The number of amides is 1. The highest BCUT2D eigenvalue weighted by Crippen LogP contribution is 2.50. The molecule has 1 saturated carbocycles. The van der Waals surface area contributed by atoms with Gasteiger partial charge in [0.05, 0.1) is 22.8 Å². The number of nitrogens with one attached hydrogen (secondary N) is 2. The minimum atomic E-state index is -2.63. The first kappa shape index (κ1) is 18.2. The van der Waals surface area contributed by atoms with Crippen LogP contribution in [0.2, 0.25) is 5.02 Å². The zero-order valence-electron chi connectivity index (χ0n) is 14.1. The van der Waals surface area contributed by atoms with Gasteiger partial charge in [-0.25, -0.2) is 13.8 Å².